The molecule has 2 heterocycles. The minimum Gasteiger partial charge on any atom is -0.454 e. The van der Waals surface area contributed by atoms with E-state index in [0.29, 0.717) is 23.7 Å². The van der Waals surface area contributed by atoms with Crippen LogP contribution in [-0.2, 0) is 6.54 Å². The minimum absolute atomic E-state index is 0.189. The topological polar surface area (TPSA) is 64.5 Å². The van der Waals surface area contributed by atoms with E-state index in [1.165, 1.54) is 12.1 Å². The summed E-state index contributed by atoms with van der Waals surface area (Å²) in [6, 6.07) is 13.3. The smallest absolute Gasteiger partial charge is 0.319 e. The standard InChI is InChI=1S/C21H20FN3O3/c1-13-9-15(14(2)25(13)18-6-3-16(22)4-7-18)11-23-21(26)24-17-5-8-19-20(10-17)28-12-27-19/h3-10H,11-12H2,1-2H3,(H2,23,24,26). The van der Waals surface area contributed by atoms with Gasteiger partial charge in [0.05, 0.1) is 0 Å². The number of aromatic nitrogens is 1. The lowest BCUT2D eigenvalue weighted by atomic mass is 10.2. The van der Waals surface area contributed by atoms with Gasteiger partial charge in [-0.25, -0.2) is 9.18 Å². The van der Waals surface area contributed by atoms with Crippen molar-refractivity contribution in [3.8, 4) is 17.2 Å². The molecule has 2 N–H and O–H groups in total. The molecule has 0 unspecified atom stereocenters. The first-order valence-corrected chi connectivity index (χ1v) is 8.89. The molecule has 0 saturated heterocycles. The maximum atomic E-state index is 13.2. The highest BCUT2D eigenvalue weighted by molar-refractivity contribution is 5.89. The van der Waals surface area contributed by atoms with Crippen LogP contribution >= 0.6 is 0 Å². The molecule has 0 fully saturated rings. The predicted molar refractivity (Wildman–Crippen MR) is 104 cm³/mol. The van der Waals surface area contributed by atoms with Crippen molar-refractivity contribution in [3.63, 3.8) is 0 Å². The van der Waals surface area contributed by atoms with Crippen LogP contribution in [0.2, 0.25) is 0 Å². The molecule has 2 amide bonds. The Balaban J connectivity index is 1.43. The monoisotopic (exact) mass is 381 g/mol. The van der Waals surface area contributed by atoms with Crippen molar-refractivity contribution in [2.24, 2.45) is 0 Å². The number of halogens is 1. The van der Waals surface area contributed by atoms with Gasteiger partial charge in [0, 0.05) is 35.4 Å². The van der Waals surface area contributed by atoms with E-state index < -0.39 is 0 Å². The average molecular weight is 381 g/mol. The summed E-state index contributed by atoms with van der Waals surface area (Å²) >= 11 is 0. The molecule has 0 aliphatic carbocycles. The van der Waals surface area contributed by atoms with Crippen molar-refractivity contribution >= 4 is 11.7 Å². The van der Waals surface area contributed by atoms with Gasteiger partial charge < -0.3 is 24.7 Å². The van der Waals surface area contributed by atoms with Crippen LogP contribution < -0.4 is 20.1 Å². The van der Waals surface area contributed by atoms with Crippen molar-refractivity contribution in [2.45, 2.75) is 20.4 Å². The van der Waals surface area contributed by atoms with Gasteiger partial charge in [-0.2, -0.15) is 0 Å². The molecule has 28 heavy (non-hydrogen) atoms. The Morgan fingerprint density at radius 1 is 1.07 bits per heavy atom. The van der Waals surface area contributed by atoms with E-state index in [-0.39, 0.29) is 18.6 Å². The summed E-state index contributed by atoms with van der Waals surface area (Å²) in [7, 11) is 0. The molecular weight excluding hydrogens is 361 g/mol. The number of anilines is 1. The maximum Gasteiger partial charge on any atom is 0.319 e. The number of amides is 2. The normalized spacial score (nSPS) is 12.1. The Morgan fingerprint density at radius 3 is 2.61 bits per heavy atom. The van der Waals surface area contributed by atoms with Gasteiger partial charge in [-0.1, -0.05) is 0 Å². The summed E-state index contributed by atoms with van der Waals surface area (Å²) in [6.45, 7) is 4.52. The van der Waals surface area contributed by atoms with Gasteiger partial charge in [-0.15, -0.1) is 0 Å². The third-order valence-electron chi connectivity index (χ3n) is 4.69. The first-order chi connectivity index (χ1) is 13.5. The second kappa shape index (κ2) is 7.26. The van der Waals surface area contributed by atoms with Crippen LogP contribution in [0.4, 0.5) is 14.9 Å². The van der Waals surface area contributed by atoms with Crippen molar-refractivity contribution in [1.29, 1.82) is 0 Å². The molecule has 1 aromatic heterocycles. The molecule has 1 aliphatic rings. The number of benzene rings is 2. The molecule has 2 aromatic carbocycles. The molecule has 7 heteroatoms. The third-order valence-corrected chi connectivity index (χ3v) is 4.69. The van der Waals surface area contributed by atoms with Crippen LogP contribution in [0.3, 0.4) is 0 Å². The Labute approximate surface area is 161 Å². The molecule has 0 radical (unpaired) electrons. The van der Waals surface area contributed by atoms with Gasteiger partial charge in [0.25, 0.3) is 0 Å². The number of urea groups is 1. The number of nitrogens with one attached hydrogen (secondary N) is 2. The van der Waals surface area contributed by atoms with E-state index in [1.54, 1.807) is 30.3 Å². The number of rotatable bonds is 4. The predicted octanol–water partition coefficient (Wildman–Crippen LogP) is 4.28. The molecular formula is C21H20FN3O3. The molecule has 3 aromatic rings. The van der Waals surface area contributed by atoms with Gasteiger partial charge in [-0.05, 0) is 61.9 Å². The van der Waals surface area contributed by atoms with Gasteiger partial charge in [0.1, 0.15) is 5.82 Å². The SMILES string of the molecule is Cc1cc(CNC(=O)Nc2ccc3c(c2)OCO3)c(C)n1-c1ccc(F)cc1. The van der Waals surface area contributed by atoms with Crippen molar-refractivity contribution in [2.75, 3.05) is 12.1 Å². The van der Waals surface area contributed by atoms with Gasteiger partial charge in [0.15, 0.2) is 11.5 Å². The van der Waals surface area contributed by atoms with E-state index in [4.69, 9.17) is 9.47 Å². The van der Waals surface area contributed by atoms with Crippen molar-refractivity contribution < 1.29 is 18.7 Å². The first-order valence-electron chi connectivity index (χ1n) is 8.89. The van der Waals surface area contributed by atoms with Crippen LogP contribution in [0.5, 0.6) is 11.5 Å². The number of hydrogen-bond donors (Lipinski definition) is 2. The summed E-state index contributed by atoms with van der Waals surface area (Å²) in [4.78, 5) is 12.3. The Kier molecular flexibility index (Phi) is 4.65. The lowest BCUT2D eigenvalue weighted by Crippen LogP contribution is -2.28. The quantitative estimate of drug-likeness (QED) is 0.709. The zero-order valence-electron chi connectivity index (χ0n) is 15.6. The number of carbonyl (C=O) groups is 1. The average Bonchev–Trinajstić information content (AvgIpc) is 3.25. The lowest BCUT2D eigenvalue weighted by Gasteiger charge is -2.11. The van der Waals surface area contributed by atoms with Gasteiger partial charge in [0.2, 0.25) is 6.79 Å². The van der Waals surface area contributed by atoms with Gasteiger partial charge in [-0.3, -0.25) is 0 Å². The molecule has 0 spiro atoms. The molecule has 1 aliphatic heterocycles. The van der Waals surface area contributed by atoms with E-state index in [1.807, 2.05) is 24.5 Å². The molecule has 0 atom stereocenters. The maximum absolute atomic E-state index is 13.2. The summed E-state index contributed by atoms with van der Waals surface area (Å²) in [5.41, 5.74) is 4.50. The van der Waals surface area contributed by atoms with E-state index in [0.717, 1.165) is 22.6 Å². The number of nitrogens with zero attached hydrogens (tertiary/aromatic N) is 1. The number of hydrogen-bond acceptors (Lipinski definition) is 3. The zero-order chi connectivity index (χ0) is 19.7. The second-order valence-corrected chi connectivity index (χ2v) is 6.58. The molecule has 144 valence electrons. The van der Waals surface area contributed by atoms with Crippen LogP contribution in [0.15, 0.2) is 48.5 Å². The van der Waals surface area contributed by atoms with E-state index >= 15 is 0 Å². The van der Waals surface area contributed by atoms with Crippen LogP contribution in [0.25, 0.3) is 5.69 Å². The minimum atomic E-state index is -0.314. The molecule has 0 bridgehead atoms. The van der Waals surface area contributed by atoms with E-state index in [2.05, 4.69) is 10.6 Å². The Hall–Kier alpha value is -3.48. The summed E-state index contributed by atoms with van der Waals surface area (Å²) in [5, 5.41) is 5.65. The second-order valence-electron chi connectivity index (χ2n) is 6.58. The Bertz CT molecular complexity index is 1030. The fraction of sp³-hybridized carbons (Fsp3) is 0.190. The fourth-order valence-electron chi connectivity index (χ4n) is 3.32. The number of aryl methyl sites for hydroxylation is 1. The molecule has 4 rings (SSSR count). The molecule has 6 nitrogen and oxygen atoms in total. The van der Waals surface area contributed by atoms with Crippen LogP contribution in [0.1, 0.15) is 17.0 Å². The van der Waals surface area contributed by atoms with Gasteiger partial charge >= 0.3 is 6.03 Å². The first kappa shape index (κ1) is 17.9. The molecule has 0 saturated carbocycles. The number of ether oxygens (including phenoxy) is 2. The van der Waals surface area contributed by atoms with Crippen molar-refractivity contribution in [1.82, 2.24) is 9.88 Å². The summed E-state index contributed by atoms with van der Waals surface area (Å²) in [5.74, 6) is 1.01. The fourth-order valence-corrected chi connectivity index (χ4v) is 3.32. The number of carbonyl (C=O) groups excluding carboxylic acids is 1. The summed E-state index contributed by atoms with van der Waals surface area (Å²) in [6.07, 6.45) is 0. The zero-order valence-corrected chi connectivity index (χ0v) is 15.6. The Morgan fingerprint density at radius 2 is 1.82 bits per heavy atom. The largest absolute Gasteiger partial charge is 0.454 e. The highest BCUT2D eigenvalue weighted by Crippen LogP contribution is 2.34. The van der Waals surface area contributed by atoms with Crippen molar-refractivity contribution in [3.05, 3.63) is 71.3 Å². The highest BCUT2D eigenvalue weighted by Gasteiger charge is 2.15. The summed E-state index contributed by atoms with van der Waals surface area (Å²) < 4.78 is 25.8. The third kappa shape index (κ3) is 3.51. The number of fused-ring (bicyclic) bond motifs is 1. The highest BCUT2D eigenvalue weighted by atomic mass is 19.1. The lowest BCUT2D eigenvalue weighted by molar-refractivity contribution is 0.174. The van der Waals surface area contributed by atoms with Crippen LogP contribution in [0, 0.1) is 19.7 Å². The van der Waals surface area contributed by atoms with Crippen LogP contribution in [-0.4, -0.2) is 17.4 Å². The van der Waals surface area contributed by atoms with E-state index in [9.17, 15) is 9.18 Å².